The Bertz CT molecular complexity index is 96.5. The van der Waals surface area contributed by atoms with Crippen molar-refractivity contribution in [3.8, 4) is 0 Å². The maximum Gasteiger partial charge on any atom is 0.0906 e. The molecule has 2 nitrogen and oxygen atoms in total. The summed E-state index contributed by atoms with van der Waals surface area (Å²) in [4.78, 5) is 2.16. The van der Waals surface area contributed by atoms with Gasteiger partial charge in [0.1, 0.15) is 0 Å². The zero-order valence-corrected chi connectivity index (χ0v) is 8.44. The molecule has 3 heteroatoms. The molecule has 12 heavy (non-hydrogen) atoms. The molecule has 0 saturated heterocycles. The van der Waals surface area contributed by atoms with Crippen LogP contribution >= 0.6 is 0 Å². The Morgan fingerprint density at radius 3 is 2.58 bits per heavy atom. The maximum atomic E-state index is 11.7. The summed E-state index contributed by atoms with van der Waals surface area (Å²) in [6.45, 7) is 3.81. The van der Waals surface area contributed by atoms with E-state index in [0.29, 0.717) is 12.5 Å². The SMILES string of the molecule is CC(CCN(C)C)NCCCF. The monoisotopic (exact) mass is 176 g/mol. The van der Waals surface area contributed by atoms with Gasteiger partial charge in [-0.3, -0.25) is 4.39 Å². The molecule has 1 unspecified atom stereocenters. The van der Waals surface area contributed by atoms with Crippen molar-refractivity contribution in [2.24, 2.45) is 0 Å². The van der Waals surface area contributed by atoms with Crippen LogP contribution in [-0.2, 0) is 0 Å². The number of nitrogens with zero attached hydrogens (tertiary/aromatic N) is 1. The van der Waals surface area contributed by atoms with Gasteiger partial charge in [-0.2, -0.15) is 0 Å². The summed E-state index contributed by atoms with van der Waals surface area (Å²) in [6, 6.07) is 0.499. The van der Waals surface area contributed by atoms with Gasteiger partial charge >= 0.3 is 0 Å². The van der Waals surface area contributed by atoms with Gasteiger partial charge in [0.05, 0.1) is 6.67 Å². The first-order chi connectivity index (χ1) is 5.66. The van der Waals surface area contributed by atoms with Gasteiger partial charge in [0.25, 0.3) is 0 Å². The summed E-state index contributed by atoms with van der Waals surface area (Å²) >= 11 is 0. The molecule has 74 valence electrons. The zero-order valence-electron chi connectivity index (χ0n) is 8.44. The van der Waals surface area contributed by atoms with E-state index in [9.17, 15) is 4.39 Å². The van der Waals surface area contributed by atoms with Gasteiger partial charge in [-0.1, -0.05) is 0 Å². The summed E-state index contributed by atoms with van der Waals surface area (Å²) in [6.07, 6.45) is 1.76. The highest BCUT2D eigenvalue weighted by atomic mass is 19.1. The number of hydrogen-bond acceptors (Lipinski definition) is 2. The molecule has 1 atom stereocenters. The van der Waals surface area contributed by atoms with E-state index >= 15 is 0 Å². The van der Waals surface area contributed by atoms with E-state index in [4.69, 9.17) is 0 Å². The molecule has 0 saturated carbocycles. The van der Waals surface area contributed by atoms with Gasteiger partial charge in [0, 0.05) is 6.04 Å². The lowest BCUT2D eigenvalue weighted by molar-refractivity contribution is 0.361. The van der Waals surface area contributed by atoms with Crippen LogP contribution in [0.5, 0.6) is 0 Å². The Labute approximate surface area is 75.1 Å². The molecule has 1 N–H and O–H groups in total. The molecular formula is C9H21FN2. The van der Waals surface area contributed by atoms with Gasteiger partial charge in [-0.25, -0.2) is 0 Å². The molecule has 0 aromatic heterocycles. The topological polar surface area (TPSA) is 15.3 Å². The highest BCUT2D eigenvalue weighted by Gasteiger charge is 2.00. The molecule has 0 fully saturated rings. The van der Waals surface area contributed by atoms with Crippen LogP contribution in [0.25, 0.3) is 0 Å². The van der Waals surface area contributed by atoms with Crippen LogP contribution in [0, 0.1) is 0 Å². The summed E-state index contributed by atoms with van der Waals surface area (Å²) in [5.41, 5.74) is 0. The van der Waals surface area contributed by atoms with E-state index in [1.54, 1.807) is 0 Å². The number of nitrogens with one attached hydrogen (secondary N) is 1. The van der Waals surface area contributed by atoms with Crippen LogP contribution in [0.15, 0.2) is 0 Å². The van der Waals surface area contributed by atoms with Crippen molar-refractivity contribution in [2.75, 3.05) is 33.9 Å². The van der Waals surface area contributed by atoms with Gasteiger partial charge in [0.15, 0.2) is 0 Å². The first-order valence-corrected chi connectivity index (χ1v) is 4.61. The molecule has 0 rings (SSSR count). The number of halogens is 1. The molecule has 0 aliphatic heterocycles. The average molecular weight is 176 g/mol. The van der Waals surface area contributed by atoms with Gasteiger partial charge < -0.3 is 10.2 Å². The van der Waals surface area contributed by atoms with E-state index in [1.165, 1.54) is 0 Å². The van der Waals surface area contributed by atoms with Crippen LogP contribution in [0.3, 0.4) is 0 Å². The van der Waals surface area contributed by atoms with E-state index in [-0.39, 0.29) is 6.67 Å². The quantitative estimate of drug-likeness (QED) is 0.588. The van der Waals surface area contributed by atoms with Crippen molar-refractivity contribution in [1.82, 2.24) is 10.2 Å². The Hall–Kier alpha value is -0.150. The van der Waals surface area contributed by atoms with Crippen molar-refractivity contribution in [3.05, 3.63) is 0 Å². The van der Waals surface area contributed by atoms with Crippen LogP contribution < -0.4 is 5.32 Å². The third kappa shape index (κ3) is 7.95. The molecular weight excluding hydrogens is 155 g/mol. The highest BCUT2D eigenvalue weighted by Crippen LogP contribution is 1.92. The van der Waals surface area contributed by atoms with Crippen molar-refractivity contribution in [3.63, 3.8) is 0 Å². The summed E-state index contributed by atoms with van der Waals surface area (Å²) < 4.78 is 11.7. The van der Waals surface area contributed by atoms with E-state index in [2.05, 4.69) is 31.2 Å². The Morgan fingerprint density at radius 2 is 2.08 bits per heavy atom. The second-order valence-corrected chi connectivity index (χ2v) is 3.49. The van der Waals surface area contributed by atoms with E-state index in [1.807, 2.05) is 0 Å². The van der Waals surface area contributed by atoms with Crippen molar-refractivity contribution < 1.29 is 4.39 Å². The van der Waals surface area contributed by atoms with Crippen LogP contribution in [0.1, 0.15) is 19.8 Å². The van der Waals surface area contributed by atoms with Gasteiger partial charge in [-0.15, -0.1) is 0 Å². The van der Waals surface area contributed by atoms with Crippen molar-refractivity contribution in [1.29, 1.82) is 0 Å². The normalized spacial score (nSPS) is 13.8. The second-order valence-electron chi connectivity index (χ2n) is 3.49. The Kier molecular flexibility index (Phi) is 7.40. The minimum Gasteiger partial charge on any atom is -0.314 e. The molecule has 0 aliphatic rings. The lowest BCUT2D eigenvalue weighted by atomic mass is 10.2. The van der Waals surface area contributed by atoms with E-state index < -0.39 is 0 Å². The molecule has 0 amide bonds. The first-order valence-electron chi connectivity index (χ1n) is 4.61. The average Bonchev–Trinajstić information content (AvgIpc) is 2.01. The highest BCUT2D eigenvalue weighted by molar-refractivity contribution is 4.61. The van der Waals surface area contributed by atoms with Gasteiger partial charge in [-0.05, 0) is 47.0 Å². The predicted molar refractivity (Wildman–Crippen MR) is 51.2 cm³/mol. The summed E-state index contributed by atoms with van der Waals surface area (Å²) in [5, 5.41) is 3.27. The number of rotatable bonds is 7. The minimum absolute atomic E-state index is 0.215. The number of alkyl halides is 1. The minimum atomic E-state index is -0.215. The summed E-state index contributed by atoms with van der Waals surface area (Å²) in [7, 11) is 4.13. The maximum absolute atomic E-state index is 11.7. The predicted octanol–water partition coefficient (Wildman–Crippen LogP) is 1.28. The lowest BCUT2D eigenvalue weighted by Gasteiger charge is -2.16. The smallest absolute Gasteiger partial charge is 0.0906 e. The summed E-state index contributed by atoms with van der Waals surface area (Å²) in [5.74, 6) is 0. The molecule has 0 radical (unpaired) electrons. The lowest BCUT2D eigenvalue weighted by Crippen LogP contribution is -2.30. The molecule has 0 spiro atoms. The standard InChI is InChI=1S/C9H21FN2/c1-9(5-8-12(2)3)11-7-4-6-10/h9,11H,4-8H2,1-3H3. The first kappa shape index (κ1) is 11.8. The fourth-order valence-corrected chi connectivity index (χ4v) is 0.969. The number of hydrogen-bond donors (Lipinski definition) is 1. The molecule has 0 heterocycles. The van der Waals surface area contributed by atoms with Crippen molar-refractivity contribution >= 4 is 0 Å². The third-order valence-electron chi connectivity index (χ3n) is 1.81. The van der Waals surface area contributed by atoms with Crippen molar-refractivity contribution in [2.45, 2.75) is 25.8 Å². The van der Waals surface area contributed by atoms with Crippen LogP contribution in [0.4, 0.5) is 4.39 Å². The fourth-order valence-electron chi connectivity index (χ4n) is 0.969. The van der Waals surface area contributed by atoms with Crippen LogP contribution in [-0.4, -0.2) is 44.8 Å². The molecule has 0 aromatic rings. The Balaban J connectivity index is 3.15. The molecule has 0 aromatic carbocycles. The Morgan fingerprint density at radius 1 is 1.42 bits per heavy atom. The van der Waals surface area contributed by atoms with E-state index in [0.717, 1.165) is 19.5 Å². The largest absolute Gasteiger partial charge is 0.314 e. The van der Waals surface area contributed by atoms with Crippen LogP contribution in [0.2, 0.25) is 0 Å². The third-order valence-corrected chi connectivity index (χ3v) is 1.81. The molecule has 0 bridgehead atoms. The zero-order chi connectivity index (χ0) is 9.40. The second kappa shape index (κ2) is 7.50. The fraction of sp³-hybridized carbons (Fsp3) is 1.00. The van der Waals surface area contributed by atoms with Gasteiger partial charge in [0.2, 0.25) is 0 Å². The molecule has 0 aliphatic carbocycles.